The molecular formula is C26H30N2O5. The molecule has 1 saturated carbocycles. The number of ether oxygens (including phenoxy) is 1. The summed E-state index contributed by atoms with van der Waals surface area (Å²) in [6.45, 7) is 0.900. The lowest BCUT2D eigenvalue weighted by atomic mass is 9.81. The zero-order valence-corrected chi connectivity index (χ0v) is 18.6. The molecule has 2 unspecified atom stereocenters. The standard InChI is InChI=1S/C26H30N2O5/c29-24(28-15-17-6-5-7-18(14-17)25(30)31)12-13-27-26(32)33-16-23-21-10-3-1-8-19(21)20-9-2-4-11-22(20)23/h1-4,8-11,17-18,23H,5-7,12-16H2,(H,27,32)(H,28,29)(H,30,31). The summed E-state index contributed by atoms with van der Waals surface area (Å²) in [5, 5.41) is 14.7. The Labute approximate surface area is 193 Å². The van der Waals surface area contributed by atoms with Crippen LogP contribution in [0.5, 0.6) is 0 Å². The number of carbonyl (C=O) groups is 3. The Morgan fingerprint density at radius 1 is 0.939 bits per heavy atom. The summed E-state index contributed by atoms with van der Waals surface area (Å²) in [6.07, 6.45) is 2.74. The Hall–Kier alpha value is -3.35. The van der Waals surface area contributed by atoms with Crippen LogP contribution in [-0.4, -0.2) is 42.8 Å². The molecule has 2 atom stereocenters. The molecule has 0 aliphatic heterocycles. The van der Waals surface area contributed by atoms with Crippen LogP contribution in [0, 0.1) is 11.8 Å². The van der Waals surface area contributed by atoms with Gasteiger partial charge in [-0.3, -0.25) is 9.59 Å². The van der Waals surface area contributed by atoms with Gasteiger partial charge in [0.1, 0.15) is 6.61 Å². The minimum Gasteiger partial charge on any atom is -0.481 e. The summed E-state index contributed by atoms with van der Waals surface area (Å²) in [4.78, 5) is 35.5. The zero-order chi connectivity index (χ0) is 23.2. The molecule has 0 spiro atoms. The van der Waals surface area contributed by atoms with Crippen molar-refractivity contribution in [3.8, 4) is 11.1 Å². The first kappa shape index (κ1) is 22.8. The maximum Gasteiger partial charge on any atom is 0.407 e. The van der Waals surface area contributed by atoms with Gasteiger partial charge in [-0.15, -0.1) is 0 Å². The lowest BCUT2D eigenvalue weighted by Crippen LogP contribution is -2.35. The van der Waals surface area contributed by atoms with E-state index in [0.29, 0.717) is 19.4 Å². The summed E-state index contributed by atoms with van der Waals surface area (Å²) in [6, 6.07) is 16.3. The molecule has 0 radical (unpaired) electrons. The van der Waals surface area contributed by atoms with Crippen molar-refractivity contribution < 1.29 is 24.2 Å². The number of nitrogens with one attached hydrogen (secondary N) is 2. The van der Waals surface area contributed by atoms with E-state index in [1.807, 2.05) is 24.3 Å². The van der Waals surface area contributed by atoms with E-state index in [0.717, 1.165) is 24.0 Å². The summed E-state index contributed by atoms with van der Waals surface area (Å²) in [5.41, 5.74) is 4.65. The Balaban J connectivity index is 1.18. The average Bonchev–Trinajstić information content (AvgIpc) is 3.15. The van der Waals surface area contributed by atoms with Crippen LogP contribution in [0.1, 0.15) is 49.1 Å². The molecular weight excluding hydrogens is 420 g/mol. The minimum atomic E-state index is -0.752. The number of amides is 2. The average molecular weight is 451 g/mol. The quantitative estimate of drug-likeness (QED) is 0.565. The number of carboxylic acids is 1. The first-order valence-electron chi connectivity index (χ1n) is 11.6. The number of carbonyl (C=O) groups excluding carboxylic acids is 2. The third kappa shape index (κ3) is 5.53. The highest BCUT2D eigenvalue weighted by molar-refractivity contribution is 5.79. The van der Waals surface area contributed by atoms with Crippen molar-refractivity contribution in [2.24, 2.45) is 11.8 Å². The number of fused-ring (bicyclic) bond motifs is 3. The molecule has 1 fully saturated rings. The molecule has 2 amide bonds. The molecule has 7 heteroatoms. The molecule has 3 N–H and O–H groups in total. The molecule has 0 bridgehead atoms. The minimum absolute atomic E-state index is 0.00318. The van der Waals surface area contributed by atoms with Gasteiger partial charge in [0.2, 0.25) is 5.91 Å². The highest BCUT2D eigenvalue weighted by Crippen LogP contribution is 2.44. The topological polar surface area (TPSA) is 105 Å². The second kappa shape index (κ2) is 10.5. The van der Waals surface area contributed by atoms with Crippen molar-refractivity contribution in [1.29, 1.82) is 0 Å². The zero-order valence-electron chi connectivity index (χ0n) is 18.6. The first-order chi connectivity index (χ1) is 16.0. The van der Waals surface area contributed by atoms with Gasteiger partial charge in [-0.25, -0.2) is 4.79 Å². The SMILES string of the molecule is O=C(CCNC(=O)OCC1c2ccccc2-c2ccccc21)NCC1CCCC(C(=O)O)C1. The number of alkyl carbamates (subject to hydrolysis) is 1. The van der Waals surface area contributed by atoms with Gasteiger partial charge in [-0.05, 0) is 47.4 Å². The van der Waals surface area contributed by atoms with Crippen molar-refractivity contribution in [2.45, 2.75) is 38.0 Å². The smallest absolute Gasteiger partial charge is 0.407 e. The number of hydrogen-bond acceptors (Lipinski definition) is 4. The monoisotopic (exact) mass is 450 g/mol. The second-order valence-corrected chi connectivity index (χ2v) is 8.87. The summed E-state index contributed by atoms with van der Waals surface area (Å²) in [5.74, 6) is -1.03. The van der Waals surface area contributed by atoms with E-state index in [1.165, 1.54) is 11.1 Å². The van der Waals surface area contributed by atoms with Crippen molar-refractivity contribution in [1.82, 2.24) is 10.6 Å². The number of hydrogen-bond donors (Lipinski definition) is 3. The molecule has 0 saturated heterocycles. The lowest BCUT2D eigenvalue weighted by molar-refractivity contribution is -0.143. The van der Waals surface area contributed by atoms with Gasteiger partial charge in [-0.2, -0.15) is 0 Å². The van der Waals surface area contributed by atoms with Gasteiger partial charge in [0.25, 0.3) is 0 Å². The normalized spacial score (nSPS) is 19.3. The predicted octanol–water partition coefficient (Wildman–Crippen LogP) is 3.92. The van der Waals surface area contributed by atoms with E-state index in [-0.39, 0.29) is 43.2 Å². The molecule has 2 aromatic rings. The number of benzene rings is 2. The van der Waals surface area contributed by atoms with Crippen LogP contribution >= 0.6 is 0 Å². The number of carboxylic acid groups (broad SMARTS) is 1. The van der Waals surface area contributed by atoms with E-state index >= 15 is 0 Å². The van der Waals surface area contributed by atoms with Crippen molar-refractivity contribution in [2.75, 3.05) is 19.7 Å². The molecule has 0 aromatic heterocycles. The largest absolute Gasteiger partial charge is 0.481 e. The van der Waals surface area contributed by atoms with Crippen LogP contribution in [0.3, 0.4) is 0 Å². The Bertz CT molecular complexity index is 976. The second-order valence-electron chi connectivity index (χ2n) is 8.87. The van der Waals surface area contributed by atoms with Crippen LogP contribution in [0.25, 0.3) is 11.1 Å². The van der Waals surface area contributed by atoms with E-state index < -0.39 is 12.1 Å². The van der Waals surface area contributed by atoms with E-state index in [1.54, 1.807) is 0 Å². The van der Waals surface area contributed by atoms with Crippen LogP contribution in [0.2, 0.25) is 0 Å². The molecule has 33 heavy (non-hydrogen) atoms. The fourth-order valence-corrected chi connectivity index (χ4v) is 4.97. The van der Waals surface area contributed by atoms with Gasteiger partial charge in [0, 0.05) is 25.4 Å². The Kier molecular flexibility index (Phi) is 7.27. The number of rotatable bonds is 8. The van der Waals surface area contributed by atoms with Gasteiger partial charge in [0.15, 0.2) is 0 Å². The highest BCUT2D eigenvalue weighted by Gasteiger charge is 2.29. The highest BCUT2D eigenvalue weighted by atomic mass is 16.5. The van der Waals surface area contributed by atoms with Gasteiger partial charge in [-0.1, -0.05) is 55.0 Å². The lowest BCUT2D eigenvalue weighted by Gasteiger charge is -2.26. The van der Waals surface area contributed by atoms with Crippen LogP contribution in [0.15, 0.2) is 48.5 Å². The molecule has 2 aromatic carbocycles. The summed E-state index contributed by atoms with van der Waals surface area (Å²) in [7, 11) is 0. The van der Waals surface area contributed by atoms with E-state index in [2.05, 4.69) is 34.9 Å². The predicted molar refractivity (Wildman–Crippen MR) is 124 cm³/mol. The maximum absolute atomic E-state index is 12.2. The third-order valence-corrected chi connectivity index (χ3v) is 6.69. The molecule has 2 aliphatic carbocycles. The van der Waals surface area contributed by atoms with Crippen LogP contribution in [0.4, 0.5) is 4.79 Å². The Morgan fingerprint density at radius 2 is 1.61 bits per heavy atom. The van der Waals surface area contributed by atoms with Crippen LogP contribution in [-0.2, 0) is 14.3 Å². The van der Waals surface area contributed by atoms with Gasteiger partial charge in [0.05, 0.1) is 5.92 Å². The summed E-state index contributed by atoms with van der Waals surface area (Å²) < 4.78 is 5.47. The molecule has 2 aliphatic rings. The van der Waals surface area contributed by atoms with Crippen molar-refractivity contribution in [3.05, 3.63) is 59.7 Å². The molecule has 4 rings (SSSR count). The van der Waals surface area contributed by atoms with Gasteiger partial charge >= 0.3 is 12.1 Å². The van der Waals surface area contributed by atoms with Crippen molar-refractivity contribution >= 4 is 18.0 Å². The maximum atomic E-state index is 12.2. The fraction of sp³-hybridized carbons (Fsp3) is 0.423. The Morgan fingerprint density at radius 3 is 2.27 bits per heavy atom. The molecule has 174 valence electrons. The van der Waals surface area contributed by atoms with E-state index in [9.17, 15) is 19.5 Å². The number of aliphatic carboxylic acids is 1. The van der Waals surface area contributed by atoms with Gasteiger partial charge < -0.3 is 20.5 Å². The van der Waals surface area contributed by atoms with Crippen LogP contribution < -0.4 is 10.6 Å². The fourth-order valence-electron chi connectivity index (χ4n) is 4.97. The van der Waals surface area contributed by atoms with E-state index in [4.69, 9.17) is 4.74 Å². The first-order valence-corrected chi connectivity index (χ1v) is 11.6. The molecule has 7 nitrogen and oxygen atoms in total. The third-order valence-electron chi connectivity index (χ3n) is 6.69. The summed E-state index contributed by atoms with van der Waals surface area (Å²) >= 11 is 0. The molecule has 0 heterocycles. The van der Waals surface area contributed by atoms with Crippen molar-refractivity contribution in [3.63, 3.8) is 0 Å².